The summed E-state index contributed by atoms with van der Waals surface area (Å²) in [5.74, 6) is 0. The summed E-state index contributed by atoms with van der Waals surface area (Å²) < 4.78 is 13.9. The second kappa shape index (κ2) is 11.1. The van der Waals surface area contributed by atoms with Gasteiger partial charge in [0.1, 0.15) is 16.7 Å². The normalized spacial score (nSPS) is 14.6. The van der Waals surface area contributed by atoms with Crippen molar-refractivity contribution >= 4 is 60.9 Å². The molecule has 0 spiro atoms. The molecule has 2 aromatic heterocycles. The van der Waals surface area contributed by atoms with Crippen LogP contribution < -0.4 is 4.90 Å². The van der Waals surface area contributed by atoms with E-state index in [9.17, 15) is 0 Å². The van der Waals surface area contributed by atoms with E-state index in [4.69, 9.17) is 8.83 Å². The Morgan fingerprint density at radius 2 is 0.929 bits per heavy atom. The first-order valence-corrected chi connectivity index (χ1v) is 19.5. The van der Waals surface area contributed by atoms with Crippen LogP contribution in [0, 0.1) is 0 Å². The van der Waals surface area contributed by atoms with E-state index in [0.717, 1.165) is 66.5 Å². The molecule has 12 rings (SSSR count). The van der Waals surface area contributed by atoms with Gasteiger partial charge in [0, 0.05) is 38.2 Å². The zero-order valence-corrected chi connectivity index (χ0v) is 31.4. The lowest BCUT2D eigenvalue weighted by atomic mass is 9.74. The van der Waals surface area contributed by atoms with Crippen molar-refractivity contribution in [3.63, 3.8) is 0 Å². The highest BCUT2D eigenvalue weighted by Crippen LogP contribution is 2.56. The summed E-state index contributed by atoms with van der Waals surface area (Å²) in [6.07, 6.45) is 0. The number of anilines is 3. The predicted molar refractivity (Wildman–Crippen MR) is 231 cm³/mol. The lowest BCUT2D eigenvalue weighted by molar-refractivity contribution is 0.637. The SMILES string of the molecule is CC1(C)c2ccccc2-c2ccc(N(c3cccc4c3oc3ccccc34)c3cccc4oc5c(C6(C)c7ccccc7-c7ccccc76)cccc5c34)cc21. The zero-order valence-electron chi connectivity index (χ0n) is 31.4. The molecule has 8 aromatic carbocycles. The van der Waals surface area contributed by atoms with Gasteiger partial charge in [-0.15, -0.1) is 0 Å². The Bertz CT molecular complexity index is 3220. The number of benzene rings is 8. The molecule has 0 fully saturated rings. The maximum absolute atomic E-state index is 7.09. The van der Waals surface area contributed by atoms with Gasteiger partial charge in [0.2, 0.25) is 0 Å². The Kier molecular flexibility index (Phi) is 6.25. The van der Waals surface area contributed by atoms with Crippen LogP contribution in [0.15, 0.2) is 179 Å². The number of hydrogen-bond donors (Lipinski definition) is 0. The molecule has 3 heteroatoms. The standard InChI is InChI=1S/C53H37NO2/c1-52(2)40-21-8-4-15-33(40)36-30-29-32(31-44(36)52)54(46-26-13-19-38-37-18-7-11-27-47(37)55-51(38)46)45-25-14-28-48-49(45)39-20-12-24-43(50(39)56-48)53(3)41-22-9-5-16-34(41)35-17-6-10-23-42(35)53/h4-31H,1-3H3. The second-order valence-corrected chi connectivity index (χ2v) is 16.1. The highest BCUT2D eigenvalue weighted by Gasteiger charge is 2.42. The van der Waals surface area contributed by atoms with Crippen molar-refractivity contribution in [3.05, 3.63) is 198 Å². The van der Waals surface area contributed by atoms with Gasteiger partial charge < -0.3 is 13.7 Å². The van der Waals surface area contributed by atoms with Crippen LogP contribution in [0.3, 0.4) is 0 Å². The van der Waals surface area contributed by atoms with Crippen LogP contribution in [0.4, 0.5) is 17.1 Å². The number of nitrogens with zero attached hydrogens (tertiary/aromatic N) is 1. The number of furan rings is 2. The molecule has 0 atom stereocenters. The third-order valence-corrected chi connectivity index (χ3v) is 13.0. The van der Waals surface area contributed by atoms with Gasteiger partial charge in [-0.2, -0.15) is 0 Å². The van der Waals surface area contributed by atoms with Crippen LogP contribution in [0.2, 0.25) is 0 Å². The van der Waals surface area contributed by atoms with E-state index in [-0.39, 0.29) is 5.41 Å². The molecule has 0 saturated heterocycles. The van der Waals surface area contributed by atoms with Crippen molar-refractivity contribution < 1.29 is 8.83 Å². The summed E-state index contributed by atoms with van der Waals surface area (Å²) in [6, 6.07) is 61.5. The molecule has 0 saturated carbocycles. The maximum Gasteiger partial charge on any atom is 0.159 e. The monoisotopic (exact) mass is 719 g/mol. The van der Waals surface area contributed by atoms with Crippen LogP contribution in [0.5, 0.6) is 0 Å². The fourth-order valence-electron chi connectivity index (χ4n) is 10.3. The van der Waals surface area contributed by atoms with Crippen LogP contribution in [0.1, 0.15) is 48.6 Å². The lowest BCUT2D eigenvalue weighted by Gasteiger charge is -2.29. The fraction of sp³-hybridized carbons (Fsp3) is 0.0943. The Labute approximate surface area is 325 Å². The zero-order chi connectivity index (χ0) is 37.3. The van der Waals surface area contributed by atoms with Crippen LogP contribution >= 0.6 is 0 Å². The molecular weight excluding hydrogens is 683 g/mol. The van der Waals surface area contributed by atoms with Crippen molar-refractivity contribution in [3.8, 4) is 22.3 Å². The van der Waals surface area contributed by atoms with E-state index < -0.39 is 5.41 Å². The van der Waals surface area contributed by atoms with E-state index in [1.54, 1.807) is 0 Å². The molecule has 10 aromatic rings. The molecule has 266 valence electrons. The minimum Gasteiger partial charge on any atom is -0.456 e. The molecule has 56 heavy (non-hydrogen) atoms. The smallest absolute Gasteiger partial charge is 0.159 e. The van der Waals surface area contributed by atoms with E-state index >= 15 is 0 Å². The van der Waals surface area contributed by atoms with Gasteiger partial charge in [0.15, 0.2) is 5.58 Å². The molecule has 2 heterocycles. The molecule has 0 unspecified atom stereocenters. The molecule has 0 aliphatic heterocycles. The minimum atomic E-state index is -0.402. The summed E-state index contributed by atoms with van der Waals surface area (Å²) in [7, 11) is 0. The second-order valence-electron chi connectivity index (χ2n) is 16.1. The molecule has 0 amide bonds. The third kappa shape index (κ3) is 4.02. The Balaban J connectivity index is 1.14. The van der Waals surface area contributed by atoms with Crippen molar-refractivity contribution in [2.24, 2.45) is 0 Å². The Hall–Kier alpha value is -6.84. The summed E-state index contributed by atoms with van der Waals surface area (Å²) in [4.78, 5) is 2.40. The number of hydrogen-bond acceptors (Lipinski definition) is 3. The first kappa shape index (κ1) is 31.5. The van der Waals surface area contributed by atoms with Gasteiger partial charge in [-0.05, 0) is 87.8 Å². The van der Waals surface area contributed by atoms with Crippen LogP contribution in [-0.4, -0.2) is 0 Å². The van der Waals surface area contributed by atoms with Crippen LogP contribution in [0.25, 0.3) is 66.1 Å². The topological polar surface area (TPSA) is 29.5 Å². The van der Waals surface area contributed by atoms with Gasteiger partial charge in [0.25, 0.3) is 0 Å². The molecule has 2 aliphatic carbocycles. The van der Waals surface area contributed by atoms with Crippen molar-refractivity contribution in [1.82, 2.24) is 0 Å². The highest BCUT2D eigenvalue weighted by atomic mass is 16.3. The first-order valence-electron chi connectivity index (χ1n) is 19.5. The maximum atomic E-state index is 7.09. The highest BCUT2D eigenvalue weighted by molar-refractivity contribution is 6.17. The predicted octanol–water partition coefficient (Wildman–Crippen LogP) is 14.6. The molecule has 2 aliphatic rings. The average molecular weight is 720 g/mol. The Morgan fingerprint density at radius 3 is 1.71 bits per heavy atom. The molecular formula is C53H37NO2. The van der Waals surface area contributed by atoms with Crippen LogP contribution in [-0.2, 0) is 10.8 Å². The quantitative estimate of drug-likeness (QED) is 0.181. The largest absolute Gasteiger partial charge is 0.456 e. The molecule has 0 radical (unpaired) electrons. The van der Waals surface area contributed by atoms with E-state index in [0.29, 0.717) is 0 Å². The number of rotatable bonds is 4. The summed E-state index contributed by atoms with van der Waals surface area (Å²) in [6.45, 7) is 7.05. The van der Waals surface area contributed by atoms with E-state index in [1.165, 1.54) is 44.5 Å². The van der Waals surface area contributed by atoms with Crippen molar-refractivity contribution in [2.45, 2.75) is 31.6 Å². The summed E-state index contributed by atoms with van der Waals surface area (Å²) >= 11 is 0. The van der Waals surface area contributed by atoms with Gasteiger partial charge >= 0.3 is 0 Å². The van der Waals surface area contributed by atoms with Gasteiger partial charge in [0.05, 0.1) is 16.8 Å². The van der Waals surface area contributed by atoms with Gasteiger partial charge in [-0.25, -0.2) is 0 Å². The van der Waals surface area contributed by atoms with Crippen molar-refractivity contribution in [2.75, 3.05) is 4.90 Å². The molecule has 0 bridgehead atoms. The van der Waals surface area contributed by atoms with Crippen molar-refractivity contribution in [1.29, 1.82) is 0 Å². The van der Waals surface area contributed by atoms with Gasteiger partial charge in [-0.3, -0.25) is 0 Å². The van der Waals surface area contributed by atoms with Gasteiger partial charge in [-0.1, -0.05) is 147 Å². The average Bonchev–Trinajstić information content (AvgIpc) is 3.95. The summed E-state index contributed by atoms with van der Waals surface area (Å²) in [5, 5.41) is 4.36. The first-order chi connectivity index (χ1) is 27.4. The van der Waals surface area contributed by atoms with E-state index in [2.05, 4.69) is 189 Å². The fourth-order valence-corrected chi connectivity index (χ4v) is 10.3. The molecule has 3 nitrogen and oxygen atoms in total. The number of fused-ring (bicyclic) bond motifs is 12. The minimum absolute atomic E-state index is 0.161. The van der Waals surface area contributed by atoms with E-state index in [1.807, 2.05) is 6.07 Å². The summed E-state index contributed by atoms with van der Waals surface area (Å²) in [5.41, 5.74) is 17.6. The Morgan fingerprint density at radius 1 is 0.393 bits per heavy atom. The number of para-hydroxylation sites is 3. The lowest BCUT2D eigenvalue weighted by Crippen LogP contribution is -2.22. The molecule has 0 N–H and O–H groups in total. The third-order valence-electron chi connectivity index (χ3n) is 13.0.